The number of rotatable bonds is 4. The van der Waals surface area contributed by atoms with Gasteiger partial charge in [0.25, 0.3) is 0 Å². The average molecular weight is 295 g/mol. The molecule has 0 spiro atoms. The van der Waals surface area contributed by atoms with E-state index < -0.39 is 21.2 Å². The summed E-state index contributed by atoms with van der Waals surface area (Å²) in [5.41, 5.74) is 2.18. The molecule has 0 fully saturated rings. The van der Waals surface area contributed by atoms with Gasteiger partial charge in [-0.15, -0.1) is 0 Å². The Morgan fingerprint density at radius 3 is 2.45 bits per heavy atom. The molecule has 1 unspecified atom stereocenters. The second-order valence-corrected chi connectivity index (χ2v) is 6.98. The number of benzene rings is 1. The normalized spacial score (nSPS) is 18.4. The summed E-state index contributed by atoms with van der Waals surface area (Å²) in [6.07, 6.45) is 2.44. The van der Waals surface area contributed by atoms with E-state index in [1.54, 1.807) is 0 Å². The molecule has 1 aliphatic heterocycles. The molecule has 1 aromatic carbocycles. The topological polar surface area (TPSA) is 74.7 Å². The third kappa shape index (κ3) is 2.91. The van der Waals surface area contributed by atoms with Gasteiger partial charge >= 0.3 is 5.97 Å². The summed E-state index contributed by atoms with van der Waals surface area (Å²) >= 11 is 0. The molecule has 6 heteroatoms. The van der Waals surface area contributed by atoms with E-state index >= 15 is 0 Å². The third-order valence-electron chi connectivity index (χ3n) is 3.47. The zero-order chi connectivity index (χ0) is 14.8. The summed E-state index contributed by atoms with van der Waals surface area (Å²) in [7, 11) is -3.78. The molecule has 108 valence electrons. The van der Waals surface area contributed by atoms with E-state index in [2.05, 4.69) is 0 Å². The van der Waals surface area contributed by atoms with Crippen molar-refractivity contribution < 1.29 is 18.3 Å². The van der Waals surface area contributed by atoms with Crippen LogP contribution in [-0.4, -0.2) is 42.1 Å². The number of sulfonamides is 1. The van der Waals surface area contributed by atoms with Gasteiger partial charge in [-0.2, -0.15) is 4.31 Å². The summed E-state index contributed by atoms with van der Waals surface area (Å²) in [4.78, 5) is 10.9. The van der Waals surface area contributed by atoms with E-state index in [0.717, 1.165) is 11.1 Å². The summed E-state index contributed by atoms with van der Waals surface area (Å²) in [6, 6.07) is 9.77. The van der Waals surface area contributed by atoms with Crippen molar-refractivity contribution in [3.8, 4) is 0 Å². The fraction of sp³-hybridized carbons (Fsp3) is 0.357. The number of aliphatic carboxylic acids is 1. The Labute approximate surface area is 118 Å². The lowest BCUT2D eigenvalue weighted by Crippen LogP contribution is -2.43. The zero-order valence-electron chi connectivity index (χ0n) is 11.2. The summed E-state index contributed by atoms with van der Waals surface area (Å²) in [5.74, 6) is -1.32. The quantitative estimate of drug-likeness (QED) is 0.915. The number of hydrogen-bond donors (Lipinski definition) is 1. The van der Waals surface area contributed by atoms with Crippen molar-refractivity contribution in [2.45, 2.75) is 18.6 Å². The SMILES string of the molecule is CC(C(=O)O)S(=O)(=O)N1CC=C(c2ccccc2)CC1. The molecule has 0 saturated heterocycles. The van der Waals surface area contributed by atoms with E-state index in [1.807, 2.05) is 36.4 Å². The average Bonchev–Trinajstić information content (AvgIpc) is 2.47. The van der Waals surface area contributed by atoms with Crippen LogP contribution in [-0.2, 0) is 14.8 Å². The van der Waals surface area contributed by atoms with Gasteiger partial charge in [0, 0.05) is 13.1 Å². The molecule has 0 saturated carbocycles. The first-order chi connectivity index (χ1) is 9.43. The molecule has 0 aromatic heterocycles. The van der Waals surface area contributed by atoms with Crippen LogP contribution >= 0.6 is 0 Å². The van der Waals surface area contributed by atoms with Crippen LogP contribution in [0.2, 0.25) is 0 Å². The third-order valence-corrected chi connectivity index (χ3v) is 5.62. The van der Waals surface area contributed by atoms with Crippen LogP contribution in [0.15, 0.2) is 36.4 Å². The highest BCUT2D eigenvalue weighted by molar-refractivity contribution is 7.90. The summed E-state index contributed by atoms with van der Waals surface area (Å²) in [5, 5.41) is 7.45. The van der Waals surface area contributed by atoms with Gasteiger partial charge in [0.1, 0.15) is 0 Å². The predicted molar refractivity (Wildman–Crippen MR) is 76.6 cm³/mol. The van der Waals surface area contributed by atoms with Crippen LogP contribution in [0.4, 0.5) is 0 Å². The van der Waals surface area contributed by atoms with Gasteiger partial charge in [-0.1, -0.05) is 36.4 Å². The lowest BCUT2D eigenvalue weighted by Gasteiger charge is -2.27. The van der Waals surface area contributed by atoms with Crippen molar-refractivity contribution in [1.82, 2.24) is 4.31 Å². The fourth-order valence-electron chi connectivity index (χ4n) is 2.15. The first-order valence-corrected chi connectivity index (χ1v) is 7.89. The molecule has 0 aliphatic carbocycles. The Bertz CT molecular complexity index is 622. The van der Waals surface area contributed by atoms with Crippen LogP contribution in [0.5, 0.6) is 0 Å². The van der Waals surface area contributed by atoms with Crippen LogP contribution in [0.1, 0.15) is 18.9 Å². The highest BCUT2D eigenvalue weighted by Gasteiger charge is 2.34. The van der Waals surface area contributed by atoms with E-state index in [1.165, 1.54) is 11.2 Å². The summed E-state index contributed by atoms with van der Waals surface area (Å²) < 4.78 is 25.4. The van der Waals surface area contributed by atoms with Crippen molar-refractivity contribution in [2.75, 3.05) is 13.1 Å². The molecule has 1 heterocycles. The minimum absolute atomic E-state index is 0.226. The molecule has 1 aliphatic rings. The minimum atomic E-state index is -3.78. The largest absolute Gasteiger partial charge is 0.480 e. The maximum absolute atomic E-state index is 12.1. The summed E-state index contributed by atoms with van der Waals surface area (Å²) in [6.45, 7) is 1.75. The van der Waals surface area contributed by atoms with Gasteiger partial charge in [0.15, 0.2) is 5.25 Å². The second-order valence-electron chi connectivity index (χ2n) is 4.73. The van der Waals surface area contributed by atoms with E-state index in [0.29, 0.717) is 13.0 Å². The molecule has 0 radical (unpaired) electrons. The van der Waals surface area contributed by atoms with Crippen LogP contribution in [0.25, 0.3) is 5.57 Å². The lowest BCUT2D eigenvalue weighted by atomic mass is 10.0. The van der Waals surface area contributed by atoms with Gasteiger partial charge in [-0.3, -0.25) is 4.79 Å². The number of nitrogens with zero attached hydrogens (tertiary/aromatic N) is 1. The Morgan fingerprint density at radius 2 is 1.95 bits per heavy atom. The zero-order valence-corrected chi connectivity index (χ0v) is 12.0. The van der Waals surface area contributed by atoms with Crippen molar-refractivity contribution in [3.05, 3.63) is 42.0 Å². The van der Waals surface area contributed by atoms with E-state index in [9.17, 15) is 13.2 Å². The molecule has 0 bridgehead atoms. The van der Waals surface area contributed by atoms with Crippen molar-refractivity contribution in [1.29, 1.82) is 0 Å². The lowest BCUT2D eigenvalue weighted by molar-refractivity contribution is -0.136. The van der Waals surface area contributed by atoms with Crippen LogP contribution < -0.4 is 0 Å². The first kappa shape index (κ1) is 14.7. The molecular formula is C14H17NO4S. The van der Waals surface area contributed by atoms with Gasteiger partial charge in [-0.25, -0.2) is 8.42 Å². The Balaban J connectivity index is 2.15. The maximum Gasteiger partial charge on any atom is 0.323 e. The number of carboxylic acids is 1. The van der Waals surface area contributed by atoms with Gasteiger partial charge in [0.05, 0.1) is 0 Å². The monoisotopic (exact) mass is 295 g/mol. The van der Waals surface area contributed by atoms with Gasteiger partial charge in [0.2, 0.25) is 10.0 Å². The molecule has 1 aromatic rings. The molecule has 5 nitrogen and oxygen atoms in total. The van der Waals surface area contributed by atoms with Gasteiger partial charge in [-0.05, 0) is 24.5 Å². The molecule has 1 atom stereocenters. The van der Waals surface area contributed by atoms with E-state index in [4.69, 9.17) is 5.11 Å². The standard InChI is InChI=1S/C14H17NO4S/c1-11(14(16)17)20(18,19)15-9-7-13(8-10-15)12-5-3-2-4-6-12/h2-7,11H,8-10H2,1H3,(H,16,17). The van der Waals surface area contributed by atoms with Crippen molar-refractivity contribution in [3.63, 3.8) is 0 Å². The Kier molecular flexibility index (Phi) is 4.25. The van der Waals surface area contributed by atoms with Gasteiger partial charge < -0.3 is 5.11 Å². The number of carboxylic acid groups (broad SMARTS) is 1. The molecule has 0 amide bonds. The van der Waals surface area contributed by atoms with Crippen molar-refractivity contribution >= 4 is 21.6 Å². The first-order valence-electron chi connectivity index (χ1n) is 6.39. The van der Waals surface area contributed by atoms with Crippen molar-refractivity contribution in [2.24, 2.45) is 0 Å². The fourth-order valence-corrected chi connectivity index (χ4v) is 3.48. The molecule has 20 heavy (non-hydrogen) atoms. The minimum Gasteiger partial charge on any atom is -0.480 e. The van der Waals surface area contributed by atoms with Crippen LogP contribution in [0, 0.1) is 0 Å². The predicted octanol–water partition coefficient (Wildman–Crippen LogP) is 1.58. The Hall–Kier alpha value is -1.66. The Morgan fingerprint density at radius 1 is 1.30 bits per heavy atom. The van der Waals surface area contributed by atoms with Crippen LogP contribution in [0.3, 0.4) is 0 Å². The highest BCUT2D eigenvalue weighted by Crippen LogP contribution is 2.24. The number of hydrogen-bond acceptors (Lipinski definition) is 3. The highest BCUT2D eigenvalue weighted by atomic mass is 32.2. The van der Waals surface area contributed by atoms with E-state index in [-0.39, 0.29) is 6.54 Å². The molecular weight excluding hydrogens is 278 g/mol. The molecule has 1 N–H and O–H groups in total. The molecule has 2 rings (SSSR count). The number of carbonyl (C=O) groups is 1. The maximum atomic E-state index is 12.1. The smallest absolute Gasteiger partial charge is 0.323 e. The second kappa shape index (κ2) is 5.76.